The molecule has 4 N–H and O–H groups in total. The van der Waals surface area contributed by atoms with Gasteiger partial charge in [0.1, 0.15) is 0 Å². The molecule has 184 valence electrons. The van der Waals surface area contributed by atoms with Crippen molar-refractivity contribution in [3.05, 3.63) is 58.5 Å². The molecule has 1 aromatic carbocycles. The van der Waals surface area contributed by atoms with Crippen LogP contribution < -0.4 is 5.73 Å². The highest BCUT2D eigenvalue weighted by Gasteiger charge is 2.32. The Kier molecular flexibility index (Phi) is 7.19. The van der Waals surface area contributed by atoms with Crippen molar-refractivity contribution in [1.82, 2.24) is 19.5 Å². The molecular formula is C26H37N5O3. The highest BCUT2D eigenvalue weighted by atomic mass is 16.5. The van der Waals surface area contributed by atoms with Gasteiger partial charge in [0.25, 0.3) is 5.91 Å². The van der Waals surface area contributed by atoms with Crippen LogP contribution in [0.25, 0.3) is 5.65 Å². The summed E-state index contributed by atoms with van der Waals surface area (Å²) in [5.74, 6) is 0.611. The molecule has 3 heterocycles. The lowest BCUT2D eigenvalue weighted by atomic mass is 9.96. The Morgan fingerprint density at radius 1 is 1.18 bits per heavy atom. The minimum atomic E-state index is -1.12. The number of aromatic nitrogens is 3. The van der Waals surface area contributed by atoms with Crippen LogP contribution in [0, 0.1) is 13.8 Å². The van der Waals surface area contributed by atoms with Crippen LogP contribution in [0.3, 0.4) is 0 Å². The fraction of sp³-hybridized carbons (Fsp3) is 0.500. The number of carbonyl (C=O) groups excluding carboxylic acids is 1. The maximum absolute atomic E-state index is 13.5. The van der Waals surface area contributed by atoms with Crippen LogP contribution >= 0.6 is 0 Å². The zero-order valence-electron chi connectivity index (χ0n) is 20.2. The number of nitrogens with two attached hydrogens (primary N) is 1. The van der Waals surface area contributed by atoms with Crippen LogP contribution in [-0.2, 0) is 0 Å². The number of piperidine rings is 1. The third kappa shape index (κ3) is 5.08. The highest BCUT2D eigenvalue weighted by molar-refractivity contribution is 6.00. The lowest BCUT2D eigenvalue weighted by Gasteiger charge is -2.35. The standard InChI is InChI=1S/C23H27N5O.C3H8O2.H2/c1-14-6-5-7-17(24)22(14)23(29)27-11-4-3-8-20(27)19-13-21-25-18(16-9-10-16)12-15(2)28(21)26-19;1-2-3(4)5;/h5-7,12-13,16,20H,3-4,8-11,24H2,1-2H3;3-5H,2H2,1H3;1H/t20-;;/m0../s1. The fourth-order valence-corrected chi connectivity index (χ4v) is 4.53. The first-order valence-corrected chi connectivity index (χ1v) is 12.2. The van der Waals surface area contributed by atoms with Gasteiger partial charge in [0.15, 0.2) is 11.9 Å². The number of amides is 1. The van der Waals surface area contributed by atoms with E-state index < -0.39 is 6.29 Å². The normalized spacial score (nSPS) is 18.2. The Hall–Kier alpha value is -2.97. The van der Waals surface area contributed by atoms with Crippen molar-refractivity contribution in [1.29, 1.82) is 0 Å². The van der Waals surface area contributed by atoms with Gasteiger partial charge in [-0.3, -0.25) is 4.79 Å². The number of rotatable bonds is 4. The Morgan fingerprint density at radius 2 is 1.91 bits per heavy atom. The first-order chi connectivity index (χ1) is 16.3. The van der Waals surface area contributed by atoms with Crippen molar-refractivity contribution >= 4 is 17.2 Å². The molecule has 0 radical (unpaired) electrons. The average Bonchev–Trinajstić information content (AvgIpc) is 3.58. The van der Waals surface area contributed by atoms with Crippen molar-refractivity contribution in [2.24, 2.45) is 0 Å². The molecular weight excluding hydrogens is 430 g/mol. The van der Waals surface area contributed by atoms with E-state index in [0.717, 1.165) is 48.4 Å². The molecule has 0 unspecified atom stereocenters. The van der Waals surface area contributed by atoms with Crippen LogP contribution in [-0.4, -0.2) is 48.5 Å². The van der Waals surface area contributed by atoms with Crippen LogP contribution in [0.2, 0.25) is 0 Å². The van der Waals surface area contributed by atoms with Gasteiger partial charge in [0.05, 0.1) is 17.3 Å². The van der Waals surface area contributed by atoms with Crippen LogP contribution in [0.4, 0.5) is 5.69 Å². The van der Waals surface area contributed by atoms with Crippen LogP contribution in [0.5, 0.6) is 0 Å². The van der Waals surface area contributed by atoms with Crippen molar-refractivity contribution in [2.75, 3.05) is 12.3 Å². The van der Waals surface area contributed by atoms with Gasteiger partial charge in [-0.1, -0.05) is 19.1 Å². The number of fused-ring (bicyclic) bond motifs is 1. The molecule has 1 amide bonds. The van der Waals surface area contributed by atoms with Gasteiger partial charge in [0.2, 0.25) is 0 Å². The molecule has 1 saturated carbocycles. The van der Waals surface area contributed by atoms with Gasteiger partial charge in [-0.15, -0.1) is 0 Å². The molecule has 1 aliphatic heterocycles. The summed E-state index contributed by atoms with van der Waals surface area (Å²) in [6.45, 7) is 6.45. The number of aliphatic hydroxyl groups excluding tert-OH is 1. The Morgan fingerprint density at radius 3 is 2.56 bits per heavy atom. The van der Waals surface area contributed by atoms with Crippen LogP contribution in [0.15, 0.2) is 30.3 Å². The minimum Gasteiger partial charge on any atom is -0.398 e. The molecule has 2 aliphatic rings. The quantitative estimate of drug-likeness (QED) is 0.392. The summed E-state index contributed by atoms with van der Waals surface area (Å²) in [7, 11) is 0. The number of anilines is 1. The van der Waals surface area contributed by atoms with Gasteiger partial charge in [0, 0.05) is 37.0 Å². The molecule has 5 rings (SSSR count). The van der Waals surface area contributed by atoms with Gasteiger partial charge in [-0.05, 0) is 70.1 Å². The summed E-state index contributed by atoms with van der Waals surface area (Å²) >= 11 is 0. The molecule has 2 fully saturated rings. The number of aliphatic hydroxyl groups is 2. The second-order valence-electron chi connectivity index (χ2n) is 9.37. The van der Waals surface area contributed by atoms with E-state index in [9.17, 15) is 4.79 Å². The van der Waals surface area contributed by atoms with E-state index in [4.69, 9.17) is 26.0 Å². The van der Waals surface area contributed by atoms with Crippen LogP contribution in [0.1, 0.15) is 91.8 Å². The third-order valence-corrected chi connectivity index (χ3v) is 6.63. The third-order valence-electron chi connectivity index (χ3n) is 6.63. The number of hydrogen-bond donors (Lipinski definition) is 3. The summed E-state index contributed by atoms with van der Waals surface area (Å²) in [5.41, 5.74) is 12.3. The predicted molar refractivity (Wildman–Crippen MR) is 134 cm³/mol. The maximum Gasteiger partial charge on any atom is 0.256 e. The number of aryl methyl sites for hydroxylation is 2. The molecule has 1 atom stereocenters. The molecule has 3 aromatic rings. The SMILES string of the molecule is CCC(O)O.Cc1cccc(N)c1C(=O)N1CCCC[C@H]1c1cc2nc(C3CC3)cc(C)n2n1.[HH]. The minimum absolute atomic E-state index is 0. The molecule has 0 spiro atoms. The lowest BCUT2D eigenvalue weighted by molar-refractivity contribution is -0.0413. The monoisotopic (exact) mass is 467 g/mol. The number of likely N-dealkylation sites (tertiary alicyclic amines) is 1. The lowest BCUT2D eigenvalue weighted by Crippen LogP contribution is -2.39. The number of hydrogen-bond acceptors (Lipinski definition) is 6. The van der Waals surface area contributed by atoms with E-state index in [1.165, 1.54) is 18.5 Å². The van der Waals surface area contributed by atoms with Gasteiger partial charge in [-0.2, -0.15) is 5.10 Å². The summed E-state index contributed by atoms with van der Waals surface area (Å²) in [5, 5.41) is 20.7. The molecule has 0 bridgehead atoms. The first-order valence-electron chi connectivity index (χ1n) is 12.2. The maximum atomic E-state index is 13.5. The smallest absolute Gasteiger partial charge is 0.256 e. The van der Waals surface area contributed by atoms with E-state index in [0.29, 0.717) is 23.6 Å². The molecule has 8 heteroatoms. The zero-order chi connectivity index (χ0) is 24.4. The molecule has 8 nitrogen and oxygen atoms in total. The van der Waals surface area contributed by atoms with Crippen molar-refractivity contribution in [2.45, 2.75) is 77.5 Å². The van der Waals surface area contributed by atoms with Crippen molar-refractivity contribution in [3.8, 4) is 0 Å². The molecule has 1 aliphatic carbocycles. The number of carbonyl (C=O) groups is 1. The van der Waals surface area contributed by atoms with Gasteiger partial charge >= 0.3 is 0 Å². The summed E-state index contributed by atoms with van der Waals surface area (Å²) in [6.07, 6.45) is 4.76. The molecule has 1 saturated heterocycles. The summed E-state index contributed by atoms with van der Waals surface area (Å²) < 4.78 is 1.92. The second-order valence-corrected chi connectivity index (χ2v) is 9.37. The largest absolute Gasteiger partial charge is 0.398 e. The molecule has 34 heavy (non-hydrogen) atoms. The highest BCUT2D eigenvalue weighted by Crippen LogP contribution is 2.40. The molecule has 2 aromatic heterocycles. The predicted octanol–water partition coefficient (Wildman–Crippen LogP) is 4.13. The van der Waals surface area contributed by atoms with Crippen molar-refractivity contribution in [3.63, 3.8) is 0 Å². The Balaban J connectivity index is 0.000000521. The van der Waals surface area contributed by atoms with E-state index >= 15 is 0 Å². The topological polar surface area (TPSA) is 117 Å². The Labute approximate surface area is 201 Å². The van der Waals surface area contributed by atoms with Crippen molar-refractivity contribution < 1.29 is 16.4 Å². The van der Waals surface area contributed by atoms with E-state index in [1.54, 1.807) is 13.0 Å². The summed E-state index contributed by atoms with van der Waals surface area (Å²) in [4.78, 5) is 20.3. The Bertz CT molecular complexity index is 1150. The summed E-state index contributed by atoms with van der Waals surface area (Å²) in [6, 6.07) is 9.82. The first kappa shape index (κ1) is 24.2. The zero-order valence-corrected chi connectivity index (χ0v) is 20.2. The van der Waals surface area contributed by atoms with E-state index in [1.807, 2.05) is 28.5 Å². The number of benzene rings is 1. The second kappa shape index (κ2) is 10.1. The van der Waals surface area contributed by atoms with Gasteiger partial charge in [-0.25, -0.2) is 9.50 Å². The van der Waals surface area contributed by atoms with Gasteiger partial charge < -0.3 is 20.8 Å². The van der Waals surface area contributed by atoms with E-state index in [2.05, 4.69) is 19.1 Å². The fourth-order valence-electron chi connectivity index (χ4n) is 4.53. The average molecular weight is 468 g/mol. The number of nitrogen functional groups attached to an aromatic ring is 1. The van der Waals surface area contributed by atoms with E-state index in [-0.39, 0.29) is 13.4 Å². The number of nitrogens with zero attached hydrogens (tertiary/aromatic N) is 4.